The van der Waals surface area contributed by atoms with Crippen LogP contribution in [0.1, 0.15) is 50.2 Å². The van der Waals surface area contributed by atoms with Gasteiger partial charge in [0, 0.05) is 30.0 Å². The van der Waals surface area contributed by atoms with Crippen LogP contribution in [-0.2, 0) is 4.74 Å². The molecule has 116 valence electrons. The molecule has 1 fully saturated rings. The standard InChI is InChI=1S/C17H23ClO3/c1-13(9-12-19)16(14-7-3-4-8-15(14)18)21-17(20)10-5-2-6-11-17/h3-4,7-8,16,19-20H,1-2,5-6,9-12H2. The lowest BCUT2D eigenvalue weighted by molar-refractivity contribution is -0.240. The summed E-state index contributed by atoms with van der Waals surface area (Å²) in [4.78, 5) is 0. The van der Waals surface area contributed by atoms with Gasteiger partial charge >= 0.3 is 0 Å². The Morgan fingerprint density at radius 1 is 1.29 bits per heavy atom. The summed E-state index contributed by atoms with van der Waals surface area (Å²) in [5, 5.41) is 20.4. The van der Waals surface area contributed by atoms with E-state index in [-0.39, 0.29) is 6.61 Å². The molecule has 1 aromatic carbocycles. The van der Waals surface area contributed by atoms with Gasteiger partial charge in [-0.05, 0) is 30.9 Å². The number of aliphatic hydroxyl groups excluding tert-OH is 1. The second-order valence-corrected chi connectivity index (χ2v) is 6.07. The fraction of sp³-hybridized carbons (Fsp3) is 0.529. The van der Waals surface area contributed by atoms with Crippen molar-refractivity contribution in [2.24, 2.45) is 0 Å². The molecule has 0 spiro atoms. The van der Waals surface area contributed by atoms with E-state index in [1.54, 1.807) is 6.07 Å². The summed E-state index contributed by atoms with van der Waals surface area (Å²) < 4.78 is 6.02. The normalized spacial score (nSPS) is 19.2. The first-order valence-electron chi connectivity index (χ1n) is 7.49. The number of aliphatic hydroxyl groups is 2. The van der Waals surface area contributed by atoms with Crippen molar-refractivity contribution < 1.29 is 14.9 Å². The maximum absolute atomic E-state index is 10.6. The van der Waals surface area contributed by atoms with Crippen molar-refractivity contribution in [3.05, 3.63) is 47.0 Å². The molecule has 0 saturated heterocycles. The van der Waals surface area contributed by atoms with Gasteiger partial charge in [0.1, 0.15) is 6.10 Å². The van der Waals surface area contributed by atoms with Gasteiger partial charge in [-0.25, -0.2) is 0 Å². The van der Waals surface area contributed by atoms with Gasteiger partial charge in [0.15, 0.2) is 5.79 Å². The van der Waals surface area contributed by atoms with Crippen molar-refractivity contribution in [3.63, 3.8) is 0 Å². The van der Waals surface area contributed by atoms with E-state index in [4.69, 9.17) is 21.4 Å². The van der Waals surface area contributed by atoms with Crippen molar-refractivity contribution in [2.75, 3.05) is 6.61 Å². The maximum Gasteiger partial charge on any atom is 0.166 e. The lowest BCUT2D eigenvalue weighted by Crippen LogP contribution is -2.36. The third-order valence-electron chi connectivity index (χ3n) is 3.96. The van der Waals surface area contributed by atoms with Crippen LogP contribution in [0, 0.1) is 0 Å². The molecule has 2 rings (SSSR count). The largest absolute Gasteiger partial charge is 0.396 e. The minimum Gasteiger partial charge on any atom is -0.396 e. The highest BCUT2D eigenvalue weighted by Gasteiger charge is 2.34. The third-order valence-corrected chi connectivity index (χ3v) is 4.31. The summed E-state index contributed by atoms with van der Waals surface area (Å²) in [6.07, 6.45) is 4.22. The molecule has 4 heteroatoms. The van der Waals surface area contributed by atoms with Crippen LogP contribution in [0.2, 0.25) is 5.02 Å². The fourth-order valence-corrected chi connectivity index (χ4v) is 3.01. The van der Waals surface area contributed by atoms with Gasteiger partial charge in [-0.2, -0.15) is 0 Å². The molecule has 1 saturated carbocycles. The first kappa shape index (κ1) is 16.5. The molecular weight excluding hydrogens is 288 g/mol. The zero-order valence-corrected chi connectivity index (χ0v) is 13.0. The Kier molecular flexibility index (Phi) is 5.82. The van der Waals surface area contributed by atoms with E-state index >= 15 is 0 Å². The van der Waals surface area contributed by atoms with Crippen LogP contribution < -0.4 is 0 Å². The Bertz CT molecular complexity index is 481. The summed E-state index contributed by atoms with van der Waals surface area (Å²) in [6.45, 7) is 4.01. The minimum absolute atomic E-state index is 0.00156. The predicted octanol–water partition coefficient (Wildman–Crippen LogP) is 3.99. The molecule has 1 aliphatic carbocycles. The summed E-state index contributed by atoms with van der Waals surface area (Å²) in [5.41, 5.74) is 1.52. The molecule has 1 aliphatic rings. The molecule has 0 bridgehead atoms. The van der Waals surface area contributed by atoms with Crippen LogP contribution in [0.3, 0.4) is 0 Å². The fourth-order valence-electron chi connectivity index (χ4n) is 2.77. The molecule has 0 aromatic heterocycles. The third kappa shape index (κ3) is 4.30. The van der Waals surface area contributed by atoms with Crippen molar-refractivity contribution in [1.29, 1.82) is 0 Å². The SMILES string of the molecule is C=C(CCO)C(OC1(O)CCCCC1)c1ccccc1Cl. The van der Waals surface area contributed by atoms with E-state index < -0.39 is 11.9 Å². The Morgan fingerprint density at radius 3 is 2.57 bits per heavy atom. The maximum atomic E-state index is 10.6. The van der Waals surface area contributed by atoms with E-state index in [2.05, 4.69) is 6.58 Å². The lowest BCUT2D eigenvalue weighted by atomic mass is 9.93. The number of halogens is 1. The Hall–Kier alpha value is -0.870. The van der Waals surface area contributed by atoms with E-state index in [9.17, 15) is 5.11 Å². The summed E-state index contributed by atoms with van der Waals surface area (Å²) in [7, 11) is 0. The molecule has 1 atom stereocenters. The molecular formula is C17H23ClO3. The molecule has 0 heterocycles. The molecule has 3 nitrogen and oxygen atoms in total. The molecule has 0 amide bonds. The minimum atomic E-state index is -1.12. The van der Waals surface area contributed by atoms with Gasteiger partial charge in [-0.15, -0.1) is 0 Å². The molecule has 21 heavy (non-hydrogen) atoms. The van der Waals surface area contributed by atoms with Crippen LogP contribution in [0.4, 0.5) is 0 Å². The van der Waals surface area contributed by atoms with Crippen LogP contribution >= 0.6 is 11.6 Å². The first-order valence-corrected chi connectivity index (χ1v) is 7.87. The van der Waals surface area contributed by atoms with Crippen LogP contribution in [-0.4, -0.2) is 22.6 Å². The first-order chi connectivity index (χ1) is 10.1. The van der Waals surface area contributed by atoms with Gasteiger partial charge in [-0.1, -0.05) is 42.8 Å². The quantitative estimate of drug-likeness (QED) is 0.617. The average molecular weight is 311 g/mol. The number of ether oxygens (including phenoxy) is 1. The number of benzene rings is 1. The van der Waals surface area contributed by atoms with Gasteiger partial charge in [0.25, 0.3) is 0 Å². The summed E-state index contributed by atoms with van der Waals surface area (Å²) >= 11 is 6.26. The highest BCUT2D eigenvalue weighted by atomic mass is 35.5. The molecule has 2 N–H and O–H groups in total. The highest BCUT2D eigenvalue weighted by molar-refractivity contribution is 6.31. The average Bonchev–Trinajstić information content (AvgIpc) is 2.47. The zero-order chi connectivity index (χ0) is 15.3. The topological polar surface area (TPSA) is 49.7 Å². The van der Waals surface area contributed by atoms with E-state index in [1.807, 2.05) is 18.2 Å². The zero-order valence-electron chi connectivity index (χ0n) is 12.2. The second-order valence-electron chi connectivity index (χ2n) is 5.66. The Morgan fingerprint density at radius 2 is 1.95 bits per heavy atom. The van der Waals surface area contributed by atoms with Crippen molar-refractivity contribution >= 4 is 11.6 Å². The number of hydrogen-bond acceptors (Lipinski definition) is 3. The molecule has 1 unspecified atom stereocenters. The van der Waals surface area contributed by atoms with Crippen molar-refractivity contribution in [1.82, 2.24) is 0 Å². The molecule has 0 aliphatic heterocycles. The smallest absolute Gasteiger partial charge is 0.166 e. The number of hydrogen-bond donors (Lipinski definition) is 2. The van der Waals surface area contributed by atoms with Gasteiger partial charge in [-0.3, -0.25) is 0 Å². The van der Waals surface area contributed by atoms with Crippen molar-refractivity contribution in [2.45, 2.75) is 50.4 Å². The Labute approximate surface area is 131 Å². The molecule has 1 aromatic rings. The highest BCUT2D eigenvalue weighted by Crippen LogP contribution is 2.39. The molecule has 0 radical (unpaired) electrons. The van der Waals surface area contributed by atoms with E-state index in [0.717, 1.165) is 30.4 Å². The van der Waals surface area contributed by atoms with Crippen LogP contribution in [0.5, 0.6) is 0 Å². The number of rotatable bonds is 6. The second kappa shape index (κ2) is 7.41. The monoisotopic (exact) mass is 310 g/mol. The lowest BCUT2D eigenvalue weighted by Gasteiger charge is -2.36. The van der Waals surface area contributed by atoms with E-state index in [1.165, 1.54) is 0 Å². The summed E-state index contributed by atoms with van der Waals surface area (Å²) in [5.74, 6) is -1.12. The van der Waals surface area contributed by atoms with Gasteiger partial charge in [0.05, 0.1) is 0 Å². The Balaban J connectivity index is 2.24. The van der Waals surface area contributed by atoms with Crippen LogP contribution in [0.25, 0.3) is 0 Å². The van der Waals surface area contributed by atoms with Crippen LogP contribution in [0.15, 0.2) is 36.4 Å². The van der Waals surface area contributed by atoms with Gasteiger partial charge < -0.3 is 14.9 Å². The van der Waals surface area contributed by atoms with E-state index in [0.29, 0.717) is 24.3 Å². The van der Waals surface area contributed by atoms with Gasteiger partial charge in [0.2, 0.25) is 0 Å². The predicted molar refractivity (Wildman–Crippen MR) is 84.2 cm³/mol. The van der Waals surface area contributed by atoms with Crippen molar-refractivity contribution in [3.8, 4) is 0 Å². The summed E-state index contributed by atoms with van der Waals surface area (Å²) in [6, 6.07) is 7.41.